The van der Waals surface area contributed by atoms with Crippen molar-refractivity contribution < 1.29 is 13.2 Å². The summed E-state index contributed by atoms with van der Waals surface area (Å²) in [6.07, 6.45) is 6.55. The Morgan fingerprint density at radius 1 is 1.19 bits per heavy atom. The summed E-state index contributed by atoms with van der Waals surface area (Å²) in [5, 5.41) is 2.90. The number of aryl methyl sites for hydroxylation is 2. The molecule has 1 fully saturated rings. The third-order valence-corrected chi connectivity index (χ3v) is 6.52. The molecule has 0 heterocycles. The summed E-state index contributed by atoms with van der Waals surface area (Å²) in [5.41, 5.74) is 8.04. The van der Waals surface area contributed by atoms with E-state index in [1.54, 1.807) is 12.1 Å². The molecule has 1 unspecified atom stereocenters. The van der Waals surface area contributed by atoms with E-state index < -0.39 is 10.0 Å². The smallest absolute Gasteiger partial charge is 0.240 e. The maximum atomic E-state index is 12.4. The minimum Gasteiger partial charge on any atom is -0.352 e. The Bertz CT molecular complexity index is 735. The lowest BCUT2D eigenvalue weighted by atomic mass is 9.92. The number of benzene rings is 1. The van der Waals surface area contributed by atoms with Crippen molar-refractivity contribution in [2.45, 2.75) is 55.9 Å². The highest BCUT2D eigenvalue weighted by molar-refractivity contribution is 7.89. The van der Waals surface area contributed by atoms with Gasteiger partial charge in [-0.15, -0.1) is 12.4 Å². The van der Waals surface area contributed by atoms with Crippen LogP contribution in [-0.2, 0) is 27.7 Å². The Labute approximate surface area is 161 Å². The standard InChI is InChI=1S/C18H27N3O3S.ClH/c19-12-17(14-5-6-14)21-18(22)9-10-20-25(23,24)16-8-7-13-3-1-2-4-15(13)11-16;/h7-8,11,14,17,20H,1-6,9-10,12,19H2,(H,21,22);1H. The number of carbonyl (C=O) groups is 1. The van der Waals surface area contributed by atoms with Gasteiger partial charge < -0.3 is 11.1 Å². The first-order valence-corrected chi connectivity index (χ1v) is 10.6. The first-order valence-electron chi connectivity index (χ1n) is 9.10. The van der Waals surface area contributed by atoms with Crippen molar-refractivity contribution >= 4 is 28.3 Å². The Morgan fingerprint density at radius 3 is 2.54 bits per heavy atom. The van der Waals surface area contributed by atoms with Gasteiger partial charge in [0, 0.05) is 25.6 Å². The maximum absolute atomic E-state index is 12.4. The molecule has 2 aliphatic carbocycles. The summed E-state index contributed by atoms with van der Waals surface area (Å²) >= 11 is 0. The van der Waals surface area contributed by atoms with Crippen LogP contribution in [0.5, 0.6) is 0 Å². The molecule has 3 rings (SSSR count). The second kappa shape index (κ2) is 9.17. The predicted octanol–water partition coefficient (Wildman–Crippen LogP) is 1.51. The highest BCUT2D eigenvalue weighted by Crippen LogP contribution is 2.32. The van der Waals surface area contributed by atoms with Crippen LogP contribution < -0.4 is 15.8 Å². The van der Waals surface area contributed by atoms with Gasteiger partial charge in [0.2, 0.25) is 15.9 Å². The molecule has 26 heavy (non-hydrogen) atoms. The van der Waals surface area contributed by atoms with Crippen molar-refractivity contribution in [3.8, 4) is 0 Å². The zero-order chi connectivity index (χ0) is 17.9. The third-order valence-electron chi connectivity index (χ3n) is 5.07. The number of fused-ring (bicyclic) bond motifs is 1. The first kappa shape index (κ1) is 21.2. The molecule has 1 amide bonds. The molecular weight excluding hydrogens is 374 g/mol. The van der Waals surface area contributed by atoms with Crippen molar-refractivity contribution in [3.63, 3.8) is 0 Å². The number of sulfonamides is 1. The maximum Gasteiger partial charge on any atom is 0.240 e. The van der Waals surface area contributed by atoms with Gasteiger partial charge in [0.15, 0.2) is 0 Å². The van der Waals surface area contributed by atoms with Crippen molar-refractivity contribution in [3.05, 3.63) is 29.3 Å². The molecule has 0 aliphatic heterocycles. The molecule has 1 saturated carbocycles. The number of rotatable bonds is 8. The average molecular weight is 402 g/mol. The van der Waals surface area contributed by atoms with Crippen LogP contribution >= 0.6 is 12.4 Å². The largest absolute Gasteiger partial charge is 0.352 e. The fourth-order valence-electron chi connectivity index (χ4n) is 3.41. The zero-order valence-electron chi connectivity index (χ0n) is 14.9. The normalized spacial score (nSPS) is 17.7. The summed E-state index contributed by atoms with van der Waals surface area (Å²) in [5.74, 6) is 0.330. The fraction of sp³-hybridized carbons (Fsp3) is 0.611. The summed E-state index contributed by atoms with van der Waals surface area (Å²) in [6.45, 7) is 0.518. The Balaban J connectivity index is 0.00000243. The van der Waals surface area contributed by atoms with Gasteiger partial charge in [-0.1, -0.05) is 6.07 Å². The van der Waals surface area contributed by atoms with Gasteiger partial charge in [-0.3, -0.25) is 4.79 Å². The SMILES string of the molecule is Cl.NCC(NC(=O)CCNS(=O)(=O)c1ccc2c(c1)CCCC2)C1CC1. The second-order valence-electron chi connectivity index (χ2n) is 7.03. The Hall–Kier alpha value is -1.15. The van der Waals surface area contributed by atoms with Crippen LogP contribution in [0.2, 0.25) is 0 Å². The van der Waals surface area contributed by atoms with Crippen LogP contribution in [0, 0.1) is 5.92 Å². The van der Waals surface area contributed by atoms with E-state index in [-0.39, 0.29) is 42.2 Å². The highest BCUT2D eigenvalue weighted by atomic mass is 35.5. The minimum absolute atomic E-state index is 0. The van der Waals surface area contributed by atoms with Gasteiger partial charge in [-0.05, 0) is 67.7 Å². The lowest BCUT2D eigenvalue weighted by Crippen LogP contribution is -2.42. The quantitative estimate of drug-likeness (QED) is 0.614. The molecule has 8 heteroatoms. The van der Waals surface area contributed by atoms with Crippen molar-refractivity contribution in [1.82, 2.24) is 10.0 Å². The van der Waals surface area contributed by atoms with Gasteiger partial charge in [-0.25, -0.2) is 13.1 Å². The molecule has 0 bridgehead atoms. The number of carbonyl (C=O) groups excluding carboxylic acids is 1. The molecule has 1 aromatic rings. The van der Waals surface area contributed by atoms with Crippen molar-refractivity contribution in [2.24, 2.45) is 11.7 Å². The minimum atomic E-state index is -3.58. The predicted molar refractivity (Wildman–Crippen MR) is 104 cm³/mol. The third kappa shape index (κ3) is 5.42. The van der Waals surface area contributed by atoms with Crippen LogP contribution in [0.3, 0.4) is 0 Å². The number of amides is 1. The van der Waals surface area contributed by atoms with Crippen molar-refractivity contribution in [1.29, 1.82) is 0 Å². The van der Waals surface area contributed by atoms with Crippen LogP contribution in [-0.4, -0.2) is 33.5 Å². The number of hydrogen-bond acceptors (Lipinski definition) is 4. The molecule has 1 atom stereocenters. The molecule has 0 saturated heterocycles. The summed E-state index contributed by atoms with van der Waals surface area (Å²) in [7, 11) is -3.58. The van der Waals surface area contributed by atoms with E-state index in [2.05, 4.69) is 10.0 Å². The van der Waals surface area contributed by atoms with Crippen LogP contribution in [0.1, 0.15) is 43.2 Å². The van der Waals surface area contributed by atoms with E-state index in [9.17, 15) is 13.2 Å². The molecule has 0 aromatic heterocycles. The second-order valence-corrected chi connectivity index (χ2v) is 8.80. The molecule has 0 spiro atoms. The Morgan fingerprint density at radius 2 is 1.88 bits per heavy atom. The monoisotopic (exact) mass is 401 g/mol. The van der Waals surface area contributed by atoms with Crippen molar-refractivity contribution in [2.75, 3.05) is 13.1 Å². The van der Waals surface area contributed by atoms with Crippen LogP contribution in [0.25, 0.3) is 0 Å². The van der Waals surface area contributed by atoms with E-state index in [1.807, 2.05) is 6.07 Å². The van der Waals surface area contributed by atoms with Gasteiger partial charge in [0.1, 0.15) is 0 Å². The first-order chi connectivity index (χ1) is 12.0. The summed E-state index contributed by atoms with van der Waals surface area (Å²) < 4.78 is 27.4. The van der Waals surface area contributed by atoms with E-state index in [0.29, 0.717) is 12.5 Å². The fourth-order valence-corrected chi connectivity index (χ4v) is 4.49. The van der Waals surface area contributed by atoms with Crippen LogP contribution in [0.4, 0.5) is 0 Å². The van der Waals surface area contributed by atoms with Gasteiger partial charge in [-0.2, -0.15) is 0 Å². The lowest BCUT2D eigenvalue weighted by Gasteiger charge is -2.17. The average Bonchev–Trinajstić information content (AvgIpc) is 3.44. The molecule has 2 aliphatic rings. The molecular formula is C18H28ClN3O3S. The number of halogens is 1. The molecule has 0 radical (unpaired) electrons. The topological polar surface area (TPSA) is 101 Å². The zero-order valence-corrected chi connectivity index (χ0v) is 16.5. The number of nitrogens with two attached hydrogens (primary N) is 1. The summed E-state index contributed by atoms with van der Waals surface area (Å²) in [6, 6.07) is 5.36. The van der Waals surface area contributed by atoms with E-state index in [1.165, 1.54) is 5.56 Å². The molecule has 146 valence electrons. The number of hydrogen-bond donors (Lipinski definition) is 3. The highest BCUT2D eigenvalue weighted by Gasteiger charge is 2.31. The molecule has 4 N–H and O–H groups in total. The van der Waals surface area contributed by atoms with Gasteiger partial charge >= 0.3 is 0 Å². The van der Waals surface area contributed by atoms with Gasteiger partial charge in [0.25, 0.3) is 0 Å². The van der Waals surface area contributed by atoms with E-state index in [4.69, 9.17) is 5.73 Å². The van der Waals surface area contributed by atoms with E-state index >= 15 is 0 Å². The van der Waals surface area contributed by atoms with E-state index in [0.717, 1.165) is 44.1 Å². The molecule has 6 nitrogen and oxygen atoms in total. The Kier molecular flexibility index (Phi) is 7.46. The number of nitrogens with one attached hydrogen (secondary N) is 2. The molecule has 1 aromatic carbocycles. The lowest BCUT2D eigenvalue weighted by molar-refractivity contribution is -0.121. The van der Waals surface area contributed by atoms with Crippen LogP contribution in [0.15, 0.2) is 23.1 Å². The van der Waals surface area contributed by atoms with Gasteiger partial charge in [0.05, 0.1) is 4.90 Å². The summed E-state index contributed by atoms with van der Waals surface area (Å²) in [4.78, 5) is 12.2.